The molecule has 5 heteroatoms. The van der Waals surface area contributed by atoms with Gasteiger partial charge in [0.15, 0.2) is 0 Å². The van der Waals surface area contributed by atoms with Gasteiger partial charge in [0.2, 0.25) is 5.65 Å². The summed E-state index contributed by atoms with van der Waals surface area (Å²) in [5.41, 5.74) is 6.96. The van der Waals surface area contributed by atoms with Gasteiger partial charge in [-0.25, -0.2) is 4.98 Å². The topological polar surface area (TPSA) is 65.4 Å². The molecule has 0 saturated heterocycles. The molecule has 2 aromatic rings. The average Bonchev–Trinajstić information content (AvgIpc) is 2.80. The summed E-state index contributed by atoms with van der Waals surface area (Å²) in [7, 11) is 0. The predicted octanol–water partition coefficient (Wildman–Crippen LogP) is 2.66. The molecule has 2 aromatic heterocycles. The van der Waals surface area contributed by atoms with Gasteiger partial charge < -0.3 is 10.5 Å². The van der Waals surface area contributed by atoms with E-state index in [9.17, 15) is 0 Å². The molecule has 0 bridgehead atoms. The van der Waals surface area contributed by atoms with E-state index in [0.717, 1.165) is 18.5 Å². The number of hydrogen-bond donors (Lipinski definition) is 1. The molecule has 102 valence electrons. The molecule has 0 radical (unpaired) electrons. The first-order valence-electron chi connectivity index (χ1n) is 6.79. The number of ether oxygens (including phenoxy) is 1. The summed E-state index contributed by atoms with van der Waals surface area (Å²) in [4.78, 5) is 8.55. The maximum atomic E-state index is 6.03. The second kappa shape index (κ2) is 4.40. The molecule has 1 saturated carbocycles. The Morgan fingerprint density at radius 1 is 1.37 bits per heavy atom. The number of nitrogens with zero attached hydrogens (tertiary/aromatic N) is 3. The van der Waals surface area contributed by atoms with Crippen LogP contribution in [0.2, 0.25) is 0 Å². The van der Waals surface area contributed by atoms with Crippen LogP contribution in [0.3, 0.4) is 0 Å². The lowest BCUT2D eigenvalue weighted by molar-refractivity contribution is 0.0959. The highest BCUT2D eigenvalue weighted by Crippen LogP contribution is 2.36. The van der Waals surface area contributed by atoms with Crippen LogP contribution in [0.1, 0.15) is 39.5 Å². The van der Waals surface area contributed by atoms with Crippen LogP contribution < -0.4 is 10.5 Å². The SMILES string of the molecule is CC1(C)CCC(Oc2nc(N)cn3ccnc23)CC1. The summed E-state index contributed by atoms with van der Waals surface area (Å²) in [5, 5.41) is 0. The van der Waals surface area contributed by atoms with E-state index >= 15 is 0 Å². The Bertz CT molecular complexity index is 580. The highest BCUT2D eigenvalue weighted by Gasteiger charge is 2.28. The summed E-state index contributed by atoms with van der Waals surface area (Å²) in [5.74, 6) is 1.01. The molecule has 0 unspecified atom stereocenters. The molecule has 0 atom stereocenters. The Labute approximate surface area is 112 Å². The highest BCUT2D eigenvalue weighted by atomic mass is 16.5. The Hall–Kier alpha value is -1.78. The average molecular weight is 260 g/mol. The summed E-state index contributed by atoms with van der Waals surface area (Å²) in [6.45, 7) is 4.63. The molecule has 1 aliphatic carbocycles. The summed E-state index contributed by atoms with van der Waals surface area (Å²) < 4.78 is 7.88. The van der Waals surface area contributed by atoms with Crippen LogP contribution in [0, 0.1) is 5.41 Å². The number of nitrogens with two attached hydrogens (primary N) is 1. The minimum absolute atomic E-state index is 0.225. The van der Waals surface area contributed by atoms with E-state index in [0.29, 0.717) is 17.1 Å². The molecular weight excluding hydrogens is 240 g/mol. The van der Waals surface area contributed by atoms with Crippen molar-refractivity contribution < 1.29 is 4.74 Å². The molecular formula is C14H20N4O. The molecule has 3 rings (SSSR count). The van der Waals surface area contributed by atoms with Gasteiger partial charge in [0.1, 0.15) is 11.9 Å². The molecule has 1 aliphatic rings. The number of aromatic nitrogens is 3. The standard InChI is InChI=1S/C14H20N4O/c1-14(2)5-3-10(4-6-14)19-13-12-16-7-8-18(12)9-11(15)17-13/h7-10H,3-6,15H2,1-2H3. The van der Waals surface area contributed by atoms with Gasteiger partial charge in [-0.3, -0.25) is 4.40 Å². The van der Waals surface area contributed by atoms with Crippen LogP contribution in [-0.2, 0) is 0 Å². The van der Waals surface area contributed by atoms with E-state index in [-0.39, 0.29) is 6.10 Å². The first-order valence-corrected chi connectivity index (χ1v) is 6.79. The van der Waals surface area contributed by atoms with Gasteiger partial charge in [-0.1, -0.05) is 13.8 Å². The maximum Gasteiger partial charge on any atom is 0.260 e. The van der Waals surface area contributed by atoms with Gasteiger partial charge in [0, 0.05) is 12.4 Å². The second-order valence-electron chi connectivity index (χ2n) is 6.11. The Balaban J connectivity index is 1.80. The molecule has 2 heterocycles. The monoisotopic (exact) mass is 260 g/mol. The van der Waals surface area contributed by atoms with E-state index < -0.39 is 0 Å². The van der Waals surface area contributed by atoms with Gasteiger partial charge in [0.05, 0.1) is 6.20 Å². The van der Waals surface area contributed by atoms with Crippen LogP contribution in [-0.4, -0.2) is 20.5 Å². The number of hydrogen-bond acceptors (Lipinski definition) is 4. The first-order chi connectivity index (χ1) is 9.03. The number of fused-ring (bicyclic) bond motifs is 1. The molecule has 0 spiro atoms. The van der Waals surface area contributed by atoms with Crippen molar-refractivity contribution in [1.82, 2.24) is 14.4 Å². The summed E-state index contributed by atoms with van der Waals surface area (Å²) in [6, 6.07) is 0. The Kier molecular flexibility index (Phi) is 2.84. The van der Waals surface area contributed by atoms with Gasteiger partial charge in [-0.05, 0) is 31.1 Å². The zero-order chi connectivity index (χ0) is 13.5. The molecule has 0 amide bonds. The number of imidazole rings is 1. The summed E-state index contributed by atoms with van der Waals surface area (Å²) >= 11 is 0. The largest absolute Gasteiger partial charge is 0.472 e. The van der Waals surface area contributed by atoms with Crippen molar-refractivity contribution >= 4 is 11.5 Å². The summed E-state index contributed by atoms with van der Waals surface area (Å²) in [6.07, 6.45) is 10.1. The lowest BCUT2D eigenvalue weighted by atomic mass is 9.76. The molecule has 2 N–H and O–H groups in total. The molecule has 5 nitrogen and oxygen atoms in total. The predicted molar refractivity (Wildman–Crippen MR) is 74.1 cm³/mol. The van der Waals surface area contributed by atoms with Crippen molar-refractivity contribution in [2.24, 2.45) is 5.41 Å². The zero-order valence-corrected chi connectivity index (χ0v) is 11.5. The van der Waals surface area contributed by atoms with Crippen molar-refractivity contribution in [3.8, 4) is 5.88 Å². The Morgan fingerprint density at radius 2 is 2.11 bits per heavy atom. The van der Waals surface area contributed by atoms with Crippen LogP contribution in [0.5, 0.6) is 5.88 Å². The zero-order valence-electron chi connectivity index (χ0n) is 11.5. The second-order valence-corrected chi connectivity index (χ2v) is 6.11. The fourth-order valence-electron chi connectivity index (χ4n) is 2.65. The third-order valence-electron chi connectivity index (χ3n) is 3.93. The fourth-order valence-corrected chi connectivity index (χ4v) is 2.65. The Morgan fingerprint density at radius 3 is 2.84 bits per heavy atom. The smallest absolute Gasteiger partial charge is 0.260 e. The van der Waals surface area contributed by atoms with E-state index in [2.05, 4.69) is 23.8 Å². The van der Waals surface area contributed by atoms with Crippen LogP contribution in [0.4, 0.5) is 5.82 Å². The number of rotatable bonds is 2. The minimum atomic E-state index is 0.225. The van der Waals surface area contributed by atoms with Crippen molar-refractivity contribution in [2.75, 3.05) is 5.73 Å². The van der Waals surface area contributed by atoms with Crippen LogP contribution >= 0.6 is 0 Å². The number of anilines is 1. The molecule has 0 aromatic carbocycles. The minimum Gasteiger partial charge on any atom is -0.472 e. The van der Waals surface area contributed by atoms with Crippen molar-refractivity contribution in [2.45, 2.75) is 45.6 Å². The van der Waals surface area contributed by atoms with Crippen LogP contribution in [0.25, 0.3) is 5.65 Å². The first kappa shape index (κ1) is 12.3. The molecule has 1 fully saturated rings. The van der Waals surface area contributed by atoms with E-state index in [1.165, 1.54) is 12.8 Å². The highest BCUT2D eigenvalue weighted by molar-refractivity contribution is 5.52. The third-order valence-corrected chi connectivity index (χ3v) is 3.93. The lowest BCUT2D eigenvalue weighted by Crippen LogP contribution is -2.28. The van der Waals surface area contributed by atoms with E-state index in [1.54, 1.807) is 12.4 Å². The van der Waals surface area contributed by atoms with Gasteiger partial charge in [-0.15, -0.1) is 0 Å². The van der Waals surface area contributed by atoms with Gasteiger partial charge in [-0.2, -0.15) is 4.98 Å². The normalized spacial score (nSPS) is 19.7. The molecule has 19 heavy (non-hydrogen) atoms. The van der Waals surface area contributed by atoms with Crippen molar-refractivity contribution in [3.05, 3.63) is 18.6 Å². The van der Waals surface area contributed by atoms with Crippen LogP contribution in [0.15, 0.2) is 18.6 Å². The van der Waals surface area contributed by atoms with Gasteiger partial charge >= 0.3 is 0 Å². The van der Waals surface area contributed by atoms with E-state index in [1.807, 2.05) is 10.6 Å². The molecule has 0 aliphatic heterocycles. The number of nitrogen functional groups attached to an aromatic ring is 1. The van der Waals surface area contributed by atoms with E-state index in [4.69, 9.17) is 10.5 Å². The van der Waals surface area contributed by atoms with Crippen molar-refractivity contribution in [1.29, 1.82) is 0 Å². The lowest BCUT2D eigenvalue weighted by Gasteiger charge is -2.34. The maximum absolute atomic E-state index is 6.03. The van der Waals surface area contributed by atoms with Gasteiger partial charge in [0.25, 0.3) is 5.88 Å². The quantitative estimate of drug-likeness (QED) is 0.901. The third kappa shape index (κ3) is 2.50. The fraction of sp³-hybridized carbons (Fsp3) is 0.571. The van der Waals surface area contributed by atoms with Crippen molar-refractivity contribution in [3.63, 3.8) is 0 Å².